The Bertz CT molecular complexity index is 200. The fraction of sp³-hybridized carbons (Fsp3) is 1.00. The van der Waals surface area contributed by atoms with Crippen LogP contribution < -0.4 is 0 Å². The van der Waals surface area contributed by atoms with Crippen molar-refractivity contribution in [2.75, 3.05) is 24.2 Å². The van der Waals surface area contributed by atoms with E-state index in [0.29, 0.717) is 0 Å². The predicted molar refractivity (Wildman–Crippen MR) is 106 cm³/mol. The topological polar surface area (TPSA) is 18.5 Å². The maximum absolute atomic E-state index is 5.92. The molecule has 0 saturated carbocycles. The zero-order chi connectivity index (χ0) is 16.3. The normalized spacial score (nSPS) is 12.7. The first kappa shape index (κ1) is 22.6. The summed E-state index contributed by atoms with van der Waals surface area (Å²) >= 11 is 2.41. The highest BCUT2D eigenvalue weighted by Crippen LogP contribution is 2.08. The van der Waals surface area contributed by atoms with Crippen molar-refractivity contribution >= 4 is 22.6 Å². The van der Waals surface area contributed by atoms with Crippen LogP contribution in [0.15, 0.2) is 0 Å². The van der Waals surface area contributed by atoms with Crippen molar-refractivity contribution in [3.8, 4) is 0 Å². The van der Waals surface area contributed by atoms with Crippen LogP contribution in [0.2, 0.25) is 0 Å². The third-order valence-electron chi connectivity index (χ3n) is 3.97. The summed E-state index contributed by atoms with van der Waals surface area (Å²) in [5.74, 6) is 0. The zero-order valence-electron chi connectivity index (χ0n) is 15.1. The van der Waals surface area contributed by atoms with Gasteiger partial charge in [0, 0.05) is 17.6 Å². The van der Waals surface area contributed by atoms with E-state index in [-0.39, 0.29) is 6.10 Å². The fourth-order valence-electron chi connectivity index (χ4n) is 2.47. The van der Waals surface area contributed by atoms with Gasteiger partial charge in [0.1, 0.15) is 0 Å². The third-order valence-corrected chi connectivity index (χ3v) is 4.95. The van der Waals surface area contributed by atoms with Gasteiger partial charge in [-0.15, -0.1) is 0 Å². The number of rotatable bonds is 18. The van der Waals surface area contributed by atoms with Crippen molar-refractivity contribution in [2.24, 2.45) is 0 Å². The summed E-state index contributed by atoms with van der Waals surface area (Å²) in [5, 5.41) is 0. The molecule has 0 saturated heterocycles. The van der Waals surface area contributed by atoms with Crippen LogP contribution in [-0.4, -0.2) is 30.4 Å². The van der Waals surface area contributed by atoms with E-state index in [1.165, 1.54) is 77.0 Å². The molecule has 22 heavy (non-hydrogen) atoms. The number of hydrogen-bond acceptors (Lipinski definition) is 2. The molecule has 1 unspecified atom stereocenters. The molecule has 0 aliphatic heterocycles. The molecule has 0 amide bonds. The number of hydrogen-bond donors (Lipinski definition) is 0. The van der Waals surface area contributed by atoms with Gasteiger partial charge in [-0.3, -0.25) is 0 Å². The van der Waals surface area contributed by atoms with E-state index < -0.39 is 0 Å². The second-order valence-corrected chi connectivity index (χ2v) is 7.14. The Morgan fingerprint density at radius 1 is 0.682 bits per heavy atom. The highest BCUT2D eigenvalue weighted by atomic mass is 127. The van der Waals surface area contributed by atoms with Gasteiger partial charge >= 0.3 is 0 Å². The Morgan fingerprint density at radius 2 is 1.18 bits per heavy atom. The first-order valence-electron chi connectivity index (χ1n) is 9.60. The molecule has 3 heteroatoms. The number of halogens is 1. The van der Waals surface area contributed by atoms with Gasteiger partial charge in [0.25, 0.3) is 0 Å². The van der Waals surface area contributed by atoms with Crippen molar-refractivity contribution in [2.45, 2.75) is 97.0 Å². The number of alkyl halides is 1. The summed E-state index contributed by atoms with van der Waals surface area (Å²) in [6.45, 7) is 7.10. The van der Waals surface area contributed by atoms with E-state index >= 15 is 0 Å². The molecule has 0 aliphatic carbocycles. The molecule has 0 N–H and O–H groups in total. The third kappa shape index (κ3) is 17.0. The average Bonchev–Trinajstić information content (AvgIpc) is 2.54. The first-order valence-corrected chi connectivity index (χ1v) is 11.1. The lowest BCUT2D eigenvalue weighted by Gasteiger charge is -2.15. The zero-order valence-corrected chi connectivity index (χ0v) is 17.2. The molecule has 0 radical (unpaired) electrons. The van der Waals surface area contributed by atoms with E-state index in [9.17, 15) is 0 Å². The number of unbranched alkanes of at least 4 members (excludes halogenated alkanes) is 10. The molecular weight excluding hydrogens is 387 g/mol. The smallest absolute Gasteiger partial charge is 0.0897 e. The van der Waals surface area contributed by atoms with Crippen LogP contribution in [0.1, 0.15) is 90.9 Å². The Hall–Kier alpha value is 0.650. The molecule has 0 bridgehead atoms. The van der Waals surface area contributed by atoms with Crippen molar-refractivity contribution in [1.29, 1.82) is 0 Å². The van der Waals surface area contributed by atoms with Crippen LogP contribution in [0.3, 0.4) is 0 Å². The van der Waals surface area contributed by atoms with Gasteiger partial charge in [-0.2, -0.15) is 0 Å². The second kappa shape index (κ2) is 19.7. The minimum atomic E-state index is 0.288. The highest BCUT2D eigenvalue weighted by molar-refractivity contribution is 14.1. The predicted octanol–water partition coefficient (Wildman–Crippen LogP) is 6.54. The second-order valence-electron chi connectivity index (χ2n) is 6.26. The molecule has 2 nitrogen and oxygen atoms in total. The standard InChI is InChI=1S/C19H39IO2/c1-3-5-7-9-11-13-15-21-18-19(17-20)22-16-14-12-10-8-6-4-2/h19H,3-18H2,1-2H3. The van der Waals surface area contributed by atoms with Gasteiger partial charge in [0.15, 0.2) is 0 Å². The van der Waals surface area contributed by atoms with E-state index in [4.69, 9.17) is 9.47 Å². The Labute approximate surface area is 153 Å². The summed E-state index contributed by atoms with van der Waals surface area (Å²) in [7, 11) is 0. The molecule has 0 aromatic heterocycles. The molecule has 134 valence electrons. The molecule has 0 aromatic rings. The van der Waals surface area contributed by atoms with Crippen LogP contribution in [-0.2, 0) is 9.47 Å². The van der Waals surface area contributed by atoms with Crippen LogP contribution in [0, 0.1) is 0 Å². The lowest BCUT2D eigenvalue weighted by atomic mass is 10.1. The minimum Gasteiger partial charge on any atom is -0.379 e. The Morgan fingerprint density at radius 3 is 1.73 bits per heavy atom. The van der Waals surface area contributed by atoms with E-state index in [2.05, 4.69) is 36.4 Å². The molecule has 0 spiro atoms. The lowest BCUT2D eigenvalue weighted by Crippen LogP contribution is -2.22. The summed E-state index contributed by atoms with van der Waals surface area (Å²) in [6, 6.07) is 0. The Kier molecular flexibility index (Phi) is 20.3. The maximum Gasteiger partial charge on any atom is 0.0897 e. The largest absolute Gasteiger partial charge is 0.379 e. The van der Waals surface area contributed by atoms with Crippen molar-refractivity contribution in [1.82, 2.24) is 0 Å². The minimum absolute atomic E-state index is 0.288. The van der Waals surface area contributed by atoms with Crippen molar-refractivity contribution < 1.29 is 9.47 Å². The summed E-state index contributed by atoms with van der Waals surface area (Å²) in [4.78, 5) is 0. The van der Waals surface area contributed by atoms with Crippen LogP contribution in [0.25, 0.3) is 0 Å². The molecule has 0 aliphatic rings. The van der Waals surface area contributed by atoms with E-state index in [0.717, 1.165) is 24.2 Å². The van der Waals surface area contributed by atoms with Gasteiger partial charge in [-0.05, 0) is 12.8 Å². The summed E-state index contributed by atoms with van der Waals surface area (Å²) < 4.78 is 12.7. The van der Waals surface area contributed by atoms with Crippen molar-refractivity contribution in [3.05, 3.63) is 0 Å². The molecule has 0 heterocycles. The van der Waals surface area contributed by atoms with Gasteiger partial charge in [0.2, 0.25) is 0 Å². The maximum atomic E-state index is 5.92. The van der Waals surface area contributed by atoms with Gasteiger partial charge < -0.3 is 9.47 Å². The van der Waals surface area contributed by atoms with E-state index in [1.807, 2.05) is 0 Å². The number of ether oxygens (including phenoxy) is 2. The monoisotopic (exact) mass is 426 g/mol. The lowest BCUT2D eigenvalue weighted by molar-refractivity contribution is -0.00479. The first-order chi connectivity index (χ1) is 10.8. The van der Waals surface area contributed by atoms with Gasteiger partial charge in [0.05, 0.1) is 12.7 Å². The van der Waals surface area contributed by atoms with Crippen LogP contribution >= 0.6 is 22.6 Å². The SMILES string of the molecule is CCCCCCCCOCC(CI)OCCCCCCCC. The fourth-order valence-corrected chi connectivity index (χ4v) is 2.98. The van der Waals surface area contributed by atoms with Crippen LogP contribution in [0.4, 0.5) is 0 Å². The highest BCUT2D eigenvalue weighted by Gasteiger charge is 2.07. The average molecular weight is 426 g/mol. The van der Waals surface area contributed by atoms with Crippen LogP contribution in [0.5, 0.6) is 0 Å². The molecule has 0 fully saturated rings. The molecular formula is C19H39IO2. The summed E-state index contributed by atoms with van der Waals surface area (Å²) in [5.41, 5.74) is 0. The quantitative estimate of drug-likeness (QED) is 0.141. The van der Waals surface area contributed by atoms with Gasteiger partial charge in [-0.1, -0.05) is 101 Å². The van der Waals surface area contributed by atoms with Crippen molar-refractivity contribution in [3.63, 3.8) is 0 Å². The molecule has 0 aromatic carbocycles. The van der Waals surface area contributed by atoms with Gasteiger partial charge in [-0.25, -0.2) is 0 Å². The summed E-state index contributed by atoms with van der Waals surface area (Å²) in [6.07, 6.45) is 16.2. The van der Waals surface area contributed by atoms with E-state index in [1.54, 1.807) is 0 Å². The Balaban J connectivity index is 3.29. The molecule has 1 atom stereocenters. The molecule has 0 rings (SSSR count).